The molecule has 0 aliphatic heterocycles. The Bertz CT molecular complexity index is 1300. The monoisotopic (exact) mass is 469 g/mol. The molecule has 0 saturated carbocycles. The third kappa shape index (κ3) is 6.00. The molecule has 0 unspecified atom stereocenters. The first-order valence-corrected chi connectivity index (χ1v) is 11.2. The molecule has 1 aromatic heterocycles. The summed E-state index contributed by atoms with van der Waals surface area (Å²) in [7, 11) is 1.77. The third-order valence-corrected chi connectivity index (χ3v) is 5.38. The number of aryl methyl sites for hydroxylation is 1. The predicted molar refractivity (Wildman–Crippen MR) is 136 cm³/mol. The molecule has 8 nitrogen and oxygen atoms in total. The molecule has 0 spiro atoms. The molecule has 2 amide bonds. The number of hydrogen-bond acceptors (Lipinski definition) is 5. The average molecular weight is 470 g/mol. The third-order valence-electron chi connectivity index (χ3n) is 5.38. The molecule has 35 heavy (non-hydrogen) atoms. The standard InChI is InChI=1S/C27H27N5O3/c1-32-25(30-26(33)20-7-3-2-4-8-20)17-24(31-32)19-11-13-22(14-12-19)29-27(34)23-10-6-5-9-21(23)18-35-16-15-28/h2-14,17H,15-16,18,28H2,1H3,(H,29,34)(H,30,33). The van der Waals surface area contributed by atoms with Crippen molar-refractivity contribution in [3.05, 3.63) is 102 Å². The van der Waals surface area contributed by atoms with Crippen LogP contribution in [0.2, 0.25) is 0 Å². The van der Waals surface area contributed by atoms with Crippen LogP contribution in [-0.4, -0.2) is 34.7 Å². The van der Waals surface area contributed by atoms with Gasteiger partial charge in [-0.1, -0.05) is 48.5 Å². The minimum Gasteiger partial charge on any atom is -0.375 e. The van der Waals surface area contributed by atoms with Gasteiger partial charge in [-0.2, -0.15) is 5.10 Å². The molecule has 0 radical (unpaired) electrons. The molecule has 4 rings (SSSR count). The minimum absolute atomic E-state index is 0.202. The van der Waals surface area contributed by atoms with Gasteiger partial charge in [0.1, 0.15) is 5.82 Å². The van der Waals surface area contributed by atoms with E-state index in [2.05, 4.69) is 15.7 Å². The van der Waals surface area contributed by atoms with Crippen LogP contribution in [0.15, 0.2) is 84.9 Å². The summed E-state index contributed by atoms with van der Waals surface area (Å²) in [6.45, 7) is 1.18. The zero-order chi connectivity index (χ0) is 24.6. The van der Waals surface area contributed by atoms with E-state index in [-0.39, 0.29) is 11.8 Å². The molecule has 0 atom stereocenters. The van der Waals surface area contributed by atoms with E-state index in [1.807, 2.05) is 66.7 Å². The van der Waals surface area contributed by atoms with Crippen molar-refractivity contribution < 1.29 is 14.3 Å². The van der Waals surface area contributed by atoms with E-state index in [0.29, 0.717) is 48.1 Å². The lowest BCUT2D eigenvalue weighted by Gasteiger charge is -2.11. The molecular formula is C27H27N5O3. The number of benzene rings is 3. The fourth-order valence-corrected chi connectivity index (χ4v) is 3.56. The van der Waals surface area contributed by atoms with Crippen LogP contribution in [0.25, 0.3) is 11.3 Å². The van der Waals surface area contributed by atoms with Crippen LogP contribution in [-0.2, 0) is 18.4 Å². The second kappa shape index (κ2) is 11.2. The van der Waals surface area contributed by atoms with Crippen LogP contribution in [0, 0.1) is 0 Å². The molecule has 178 valence electrons. The highest BCUT2D eigenvalue weighted by Gasteiger charge is 2.13. The quantitative estimate of drug-likeness (QED) is 0.320. The van der Waals surface area contributed by atoms with Crippen molar-refractivity contribution in [3.63, 3.8) is 0 Å². The number of hydrogen-bond donors (Lipinski definition) is 3. The maximum Gasteiger partial charge on any atom is 0.256 e. The van der Waals surface area contributed by atoms with Gasteiger partial charge in [-0.05, 0) is 35.9 Å². The van der Waals surface area contributed by atoms with Crippen LogP contribution in [0.4, 0.5) is 11.5 Å². The lowest BCUT2D eigenvalue weighted by atomic mass is 10.1. The Balaban J connectivity index is 1.43. The van der Waals surface area contributed by atoms with E-state index >= 15 is 0 Å². The molecule has 0 aliphatic carbocycles. The molecule has 0 bridgehead atoms. The number of carbonyl (C=O) groups excluding carboxylic acids is 2. The molecule has 0 saturated heterocycles. The van der Waals surface area contributed by atoms with Crippen LogP contribution in [0.3, 0.4) is 0 Å². The van der Waals surface area contributed by atoms with Crippen molar-refractivity contribution in [3.8, 4) is 11.3 Å². The SMILES string of the molecule is Cn1nc(-c2ccc(NC(=O)c3ccccc3COCCN)cc2)cc1NC(=O)c1ccccc1. The topological polar surface area (TPSA) is 111 Å². The van der Waals surface area contributed by atoms with Gasteiger partial charge in [0.05, 0.1) is 18.9 Å². The number of nitrogens with one attached hydrogen (secondary N) is 2. The Morgan fingerprint density at radius 2 is 1.63 bits per heavy atom. The smallest absolute Gasteiger partial charge is 0.256 e. The molecule has 4 N–H and O–H groups in total. The Hall–Kier alpha value is -4.27. The number of aromatic nitrogens is 2. The van der Waals surface area contributed by atoms with Gasteiger partial charge in [0.2, 0.25) is 0 Å². The lowest BCUT2D eigenvalue weighted by Crippen LogP contribution is -2.15. The van der Waals surface area contributed by atoms with Gasteiger partial charge >= 0.3 is 0 Å². The number of ether oxygens (including phenoxy) is 1. The number of nitrogens with two attached hydrogens (primary N) is 1. The minimum atomic E-state index is -0.214. The summed E-state index contributed by atoms with van der Waals surface area (Å²) in [6, 6.07) is 25.5. The van der Waals surface area contributed by atoms with Crippen molar-refractivity contribution >= 4 is 23.3 Å². The first-order valence-electron chi connectivity index (χ1n) is 11.2. The van der Waals surface area contributed by atoms with E-state index in [9.17, 15) is 9.59 Å². The van der Waals surface area contributed by atoms with Crippen LogP contribution >= 0.6 is 0 Å². The highest BCUT2D eigenvalue weighted by Crippen LogP contribution is 2.24. The van der Waals surface area contributed by atoms with E-state index in [0.717, 1.165) is 11.1 Å². The Labute approximate surface area is 203 Å². The first kappa shape index (κ1) is 23.9. The Morgan fingerprint density at radius 1 is 0.914 bits per heavy atom. The van der Waals surface area contributed by atoms with Gasteiger partial charge in [-0.3, -0.25) is 14.3 Å². The molecule has 4 aromatic rings. The fourth-order valence-electron chi connectivity index (χ4n) is 3.56. The van der Waals surface area contributed by atoms with Gasteiger partial charge < -0.3 is 21.1 Å². The average Bonchev–Trinajstić information content (AvgIpc) is 3.25. The summed E-state index contributed by atoms with van der Waals surface area (Å²) in [5.41, 5.74) is 9.62. The fraction of sp³-hybridized carbons (Fsp3) is 0.148. The molecule has 8 heteroatoms. The van der Waals surface area contributed by atoms with Crippen molar-refractivity contribution in [2.24, 2.45) is 12.8 Å². The second-order valence-corrected chi connectivity index (χ2v) is 7.89. The van der Waals surface area contributed by atoms with Crippen LogP contribution in [0.1, 0.15) is 26.3 Å². The summed E-state index contributed by atoms with van der Waals surface area (Å²) >= 11 is 0. The van der Waals surface area contributed by atoms with Gasteiger partial charge in [-0.15, -0.1) is 0 Å². The van der Waals surface area contributed by atoms with E-state index < -0.39 is 0 Å². The van der Waals surface area contributed by atoms with Gasteiger partial charge in [-0.25, -0.2) is 0 Å². The Morgan fingerprint density at radius 3 is 2.37 bits per heavy atom. The van der Waals surface area contributed by atoms with Crippen molar-refractivity contribution in [2.75, 3.05) is 23.8 Å². The van der Waals surface area contributed by atoms with Crippen molar-refractivity contribution in [1.29, 1.82) is 0 Å². The number of nitrogens with zero attached hydrogens (tertiary/aromatic N) is 2. The largest absolute Gasteiger partial charge is 0.375 e. The highest BCUT2D eigenvalue weighted by molar-refractivity contribution is 6.05. The number of anilines is 2. The maximum absolute atomic E-state index is 12.8. The van der Waals surface area contributed by atoms with Crippen LogP contribution < -0.4 is 16.4 Å². The molecular weight excluding hydrogens is 442 g/mol. The van der Waals surface area contributed by atoms with Crippen LogP contribution in [0.5, 0.6) is 0 Å². The zero-order valence-corrected chi connectivity index (χ0v) is 19.4. The molecule has 3 aromatic carbocycles. The molecule has 0 aliphatic rings. The van der Waals surface area contributed by atoms with E-state index in [1.165, 1.54) is 0 Å². The predicted octanol–water partition coefficient (Wildman–Crippen LogP) is 4.07. The van der Waals surface area contributed by atoms with Crippen molar-refractivity contribution in [2.45, 2.75) is 6.61 Å². The summed E-state index contributed by atoms with van der Waals surface area (Å²) in [4.78, 5) is 25.3. The van der Waals surface area contributed by atoms with E-state index in [1.54, 1.807) is 29.9 Å². The number of rotatable bonds is 9. The summed E-state index contributed by atoms with van der Waals surface area (Å²) < 4.78 is 7.12. The van der Waals surface area contributed by atoms with Gasteiger partial charge in [0.15, 0.2) is 0 Å². The van der Waals surface area contributed by atoms with E-state index in [4.69, 9.17) is 10.5 Å². The summed E-state index contributed by atoms with van der Waals surface area (Å²) in [5.74, 6) is 0.167. The molecule has 0 fully saturated rings. The summed E-state index contributed by atoms with van der Waals surface area (Å²) in [6.07, 6.45) is 0. The zero-order valence-electron chi connectivity index (χ0n) is 19.4. The number of amides is 2. The van der Waals surface area contributed by atoms with Gasteiger partial charge in [0.25, 0.3) is 11.8 Å². The number of carbonyl (C=O) groups is 2. The Kier molecular flexibility index (Phi) is 7.67. The van der Waals surface area contributed by atoms with Crippen molar-refractivity contribution in [1.82, 2.24) is 9.78 Å². The highest BCUT2D eigenvalue weighted by atomic mass is 16.5. The lowest BCUT2D eigenvalue weighted by molar-refractivity contribution is 0.101. The first-order chi connectivity index (χ1) is 17.0. The normalized spacial score (nSPS) is 10.7. The molecule has 1 heterocycles. The van der Waals surface area contributed by atoms with Gasteiger partial charge in [0, 0.05) is 42.0 Å². The second-order valence-electron chi connectivity index (χ2n) is 7.89. The maximum atomic E-state index is 12.8. The summed E-state index contributed by atoms with van der Waals surface area (Å²) in [5, 5.41) is 10.3.